The number of hydrogen-bond donors (Lipinski definition) is 3. The summed E-state index contributed by atoms with van der Waals surface area (Å²) in [6.07, 6.45) is 1.01. The molecule has 0 heterocycles. The summed E-state index contributed by atoms with van der Waals surface area (Å²) in [5.74, 6) is -0.689. The number of anilines is 1. The van der Waals surface area contributed by atoms with Gasteiger partial charge in [-0.25, -0.2) is 0 Å². The Balaban J connectivity index is 2.59. The molecular weight excluding hydrogens is 294 g/mol. The Labute approximate surface area is 121 Å². The molecule has 0 radical (unpaired) electrons. The topological polar surface area (TPSA) is 104 Å². The number of benzene rings is 2. The second-order valence-electron chi connectivity index (χ2n) is 4.41. The Morgan fingerprint density at radius 2 is 1.76 bits per heavy atom. The first-order valence-corrected chi connectivity index (χ1v) is 7.40. The van der Waals surface area contributed by atoms with Gasteiger partial charge < -0.3 is 10.4 Å². The van der Waals surface area contributed by atoms with E-state index in [2.05, 4.69) is 5.32 Å². The van der Waals surface area contributed by atoms with E-state index in [4.69, 9.17) is 5.11 Å². The number of carbonyl (C=O) groups is 1. The van der Waals surface area contributed by atoms with Crippen molar-refractivity contribution in [2.24, 2.45) is 0 Å². The maximum atomic E-state index is 11.6. The molecule has 0 atom stereocenters. The first kappa shape index (κ1) is 15.0. The smallest absolute Gasteiger partial charge is 0.295 e. The molecule has 6 nitrogen and oxygen atoms in total. The normalized spacial score (nSPS) is 12.4. The molecule has 2 aromatic rings. The number of hydrogen-bond acceptors (Lipinski definition) is 4. The highest BCUT2D eigenvalue weighted by Gasteiger charge is 2.16. The highest BCUT2D eigenvalue weighted by Crippen LogP contribution is 2.29. The molecule has 0 unspecified atom stereocenters. The van der Waals surface area contributed by atoms with Crippen LogP contribution in [0.4, 0.5) is 5.69 Å². The predicted octanol–water partition coefficient (Wildman–Crippen LogP) is 2.49. The fourth-order valence-electron chi connectivity index (χ4n) is 1.96. The number of aliphatic hydroxyl groups is 1. The average molecular weight is 307 g/mol. The van der Waals surface area contributed by atoms with Gasteiger partial charge in [-0.1, -0.05) is 24.3 Å². The van der Waals surface area contributed by atoms with Crippen LogP contribution < -0.4 is 5.32 Å². The molecule has 0 aliphatic rings. The maximum Gasteiger partial charge on any atom is 0.295 e. The van der Waals surface area contributed by atoms with Gasteiger partial charge in [0.25, 0.3) is 16.0 Å². The van der Waals surface area contributed by atoms with E-state index in [0.29, 0.717) is 16.5 Å². The van der Waals surface area contributed by atoms with Crippen molar-refractivity contribution in [1.29, 1.82) is 0 Å². The van der Waals surface area contributed by atoms with Gasteiger partial charge in [-0.15, -0.1) is 0 Å². The zero-order valence-corrected chi connectivity index (χ0v) is 11.9. The van der Waals surface area contributed by atoms with Gasteiger partial charge in [-0.05, 0) is 19.1 Å². The number of allylic oxidation sites excluding steroid dienone is 1. The van der Waals surface area contributed by atoms with Crippen LogP contribution in [0.1, 0.15) is 6.92 Å². The summed E-state index contributed by atoms with van der Waals surface area (Å²) in [6, 6.07) is 9.04. The van der Waals surface area contributed by atoms with E-state index in [9.17, 15) is 17.8 Å². The number of amides is 1. The van der Waals surface area contributed by atoms with Crippen LogP contribution in [-0.4, -0.2) is 24.0 Å². The van der Waals surface area contributed by atoms with E-state index in [0.717, 1.165) is 6.08 Å². The fraction of sp³-hybridized carbons (Fsp3) is 0.0714. The summed E-state index contributed by atoms with van der Waals surface area (Å²) in [6.45, 7) is 1.36. The Kier molecular flexibility index (Phi) is 3.97. The van der Waals surface area contributed by atoms with Crippen LogP contribution in [0.15, 0.2) is 53.1 Å². The molecular formula is C14H13NO5S. The molecule has 0 aromatic heterocycles. The van der Waals surface area contributed by atoms with Crippen LogP contribution in [0.3, 0.4) is 0 Å². The Morgan fingerprint density at radius 1 is 1.14 bits per heavy atom. The lowest BCUT2D eigenvalue weighted by atomic mass is 10.1. The molecule has 110 valence electrons. The maximum absolute atomic E-state index is 11.6. The van der Waals surface area contributed by atoms with Crippen molar-refractivity contribution in [2.75, 3.05) is 5.32 Å². The van der Waals surface area contributed by atoms with Gasteiger partial charge in [0.1, 0.15) is 4.90 Å². The lowest BCUT2D eigenvalue weighted by Crippen LogP contribution is -2.10. The molecule has 2 aromatic carbocycles. The molecule has 0 fully saturated rings. The van der Waals surface area contributed by atoms with Gasteiger partial charge in [0.05, 0.1) is 5.76 Å². The van der Waals surface area contributed by atoms with E-state index in [-0.39, 0.29) is 10.7 Å². The number of rotatable bonds is 3. The Morgan fingerprint density at radius 3 is 2.33 bits per heavy atom. The summed E-state index contributed by atoms with van der Waals surface area (Å²) in [7, 11) is -4.36. The van der Waals surface area contributed by atoms with Gasteiger partial charge in [0, 0.05) is 22.5 Å². The fourth-order valence-corrected chi connectivity index (χ4v) is 2.66. The molecule has 0 saturated heterocycles. The van der Waals surface area contributed by atoms with E-state index in [1.807, 2.05) is 0 Å². The van der Waals surface area contributed by atoms with Crippen LogP contribution >= 0.6 is 0 Å². The van der Waals surface area contributed by atoms with E-state index >= 15 is 0 Å². The quantitative estimate of drug-likeness (QED) is 0.459. The third-order valence-electron chi connectivity index (χ3n) is 2.76. The lowest BCUT2D eigenvalue weighted by Gasteiger charge is -2.10. The average Bonchev–Trinajstić information content (AvgIpc) is 2.36. The summed E-state index contributed by atoms with van der Waals surface area (Å²) >= 11 is 0. The molecule has 7 heteroatoms. The zero-order chi connectivity index (χ0) is 15.6. The van der Waals surface area contributed by atoms with Crippen LogP contribution in [0.5, 0.6) is 0 Å². The van der Waals surface area contributed by atoms with Crippen LogP contribution in [-0.2, 0) is 14.9 Å². The molecule has 21 heavy (non-hydrogen) atoms. The minimum absolute atomic E-state index is 0.147. The summed E-state index contributed by atoms with van der Waals surface area (Å²) in [5, 5.41) is 12.4. The van der Waals surface area contributed by atoms with Crippen LogP contribution in [0.25, 0.3) is 10.8 Å². The number of fused-ring (bicyclic) bond motifs is 1. The monoisotopic (exact) mass is 307 g/mol. The highest BCUT2D eigenvalue weighted by molar-refractivity contribution is 7.86. The molecule has 3 N–H and O–H groups in total. The minimum Gasteiger partial charge on any atom is -0.512 e. The SMILES string of the molecule is C/C(O)=C/C(=O)Nc1ccc(S(=O)(=O)O)c2ccccc12. The van der Waals surface area contributed by atoms with Crippen LogP contribution in [0.2, 0.25) is 0 Å². The molecule has 0 bridgehead atoms. The van der Waals surface area contributed by atoms with Gasteiger partial charge in [-0.2, -0.15) is 8.42 Å². The third-order valence-corrected chi connectivity index (χ3v) is 3.67. The van der Waals surface area contributed by atoms with Gasteiger partial charge in [-0.3, -0.25) is 9.35 Å². The molecule has 0 aliphatic heterocycles. The van der Waals surface area contributed by atoms with Crippen molar-refractivity contribution in [3.63, 3.8) is 0 Å². The predicted molar refractivity (Wildman–Crippen MR) is 78.8 cm³/mol. The first-order valence-electron chi connectivity index (χ1n) is 5.96. The molecule has 0 aliphatic carbocycles. The first-order chi connectivity index (χ1) is 9.79. The third kappa shape index (κ3) is 3.39. The Bertz CT molecular complexity index is 836. The van der Waals surface area contributed by atoms with E-state index < -0.39 is 16.0 Å². The van der Waals surface area contributed by atoms with Gasteiger partial charge >= 0.3 is 0 Å². The summed E-state index contributed by atoms with van der Waals surface area (Å²) in [4.78, 5) is 11.4. The number of carbonyl (C=O) groups excluding carboxylic acids is 1. The minimum atomic E-state index is -4.36. The van der Waals surface area contributed by atoms with Crippen molar-refractivity contribution in [3.05, 3.63) is 48.2 Å². The van der Waals surface area contributed by atoms with Crippen molar-refractivity contribution in [3.8, 4) is 0 Å². The van der Waals surface area contributed by atoms with Crippen LogP contribution in [0, 0.1) is 0 Å². The van der Waals surface area contributed by atoms with Crippen molar-refractivity contribution < 1.29 is 22.9 Å². The molecule has 0 saturated carbocycles. The van der Waals surface area contributed by atoms with Gasteiger partial charge in [0.15, 0.2) is 0 Å². The van der Waals surface area contributed by atoms with Crippen molar-refractivity contribution in [1.82, 2.24) is 0 Å². The van der Waals surface area contributed by atoms with Crippen molar-refractivity contribution >= 4 is 32.5 Å². The lowest BCUT2D eigenvalue weighted by molar-refractivity contribution is -0.112. The Hall–Kier alpha value is -2.38. The number of aliphatic hydroxyl groups excluding tert-OH is 1. The summed E-state index contributed by atoms with van der Waals surface area (Å²) < 4.78 is 31.9. The summed E-state index contributed by atoms with van der Waals surface area (Å²) in [5.41, 5.74) is 0.375. The van der Waals surface area contributed by atoms with Gasteiger partial charge in [0.2, 0.25) is 0 Å². The second-order valence-corrected chi connectivity index (χ2v) is 5.80. The largest absolute Gasteiger partial charge is 0.512 e. The van der Waals surface area contributed by atoms with E-state index in [1.54, 1.807) is 18.2 Å². The molecule has 0 spiro atoms. The van der Waals surface area contributed by atoms with Crippen molar-refractivity contribution in [2.45, 2.75) is 11.8 Å². The molecule has 2 rings (SSSR count). The standard InChI is InChI=1S/C14H13NO5S/c1-9(16)8-14(17)15-12-6-7-13(21(18,19)20)11-5-3-2-4-10(11)12/h2-8,16H,1H3,(H,15,17)(H,18,19,20)/b9-8-. The second kappa shape index (κ2) is 5.55. The highest BCUT2D eigenvalue weighted by atomic mass is 32.2. The zero-order valence-electron chi connectivity index (χ0n) is 11.1. The number of nitrogens with one attached hydrogen (secondary N) is 1. The van der Waals surface area contributed by atoms with E-state index in [1.165, 1.54) is 25.1 Å². The molecule has 1 amide bonds.